The monoisotopic (exact) mass is 518 g/mol. The van der Waals surface area contributed by atoms with Gasteiger partial charge in [-0.15, -0.1) is 0 Å². The van der Waals surface area contributed by atoms with Gasteiger partial charge in [0.05, 0.1) is 11.0 Å². The van der Waals surface area contributed by atoms with Crippen molar-refractivity contribution in [1.29, 1.82) is 0 Å². The van der Waals surface area contributed by atoms with Crippen molar-refractivity contribution >= 4 is 11.8 Å². The van der Waals surface area contributed by atoms with Crippen LogP contribution in [0.1, 0.15) is 116 Å². The number of ketones is 1. The Kier molecular flexibility index (Phi) is 7.46. The molecule has 3 fully saturated rings. The molecule has 1 aromatic carbocycles. The molecule has 0 aromatic heterocycles. The molecule has 0 saturated heterocycles. The van der Waals surface area contributed by atoms with Crippen LogP contribution in [0.2, 0.25) is 0 Å². The minimum Gasteiger partial charge on any atom is -0.459 e. The van der Waals surface area contributed by atoms with Gasteiger partial charge in [-0.05, 0) is 98.0 Å². The molecule has 0 radical (unpaired) electrons. The van der Waals surface area contributed by atoms with E-state index in [4.69, 9.17) is 4.74 Å². The fourth-order valence-corrected chi connectivity index (χ4v) is 9.48. The number of hydrogen-bond donors (Lipinski definition) is 0. The minimum absolute atomic E-state index is 0.00986. The lowest BCUT2D eigenvalue weighted by molar-refractivity contribution is -0.131. The number of carbonyl (C=O) groups is 2. The summed E-state index contributed by atoms with van der Waals surface area (Å²) in [5.74, 6) is 3.14. The van der Waals surface area contributed by atoms with E-state index in [1.54, 1.807) is 0 Å². The SMILES string of the molecule is CC(C)CCC[C@@H](C)[C@H]1CC(=O)[C@@]2(C)C3=CC[C@H]4C[C@@H](OC(=O)c5ccccc5)CC[C@]4(C)[C@H]3CC[C@]12C. The van der Waals surface area contributed by atoms with Crippen LogP contribution in [0, 0.1) is 45.8 Å². The van der Waals surface area contributed by atoms with E-state index in [0.29, 0.717) is 35.0 Å². The van der Waals surface area contributed by atoms with Gasteiger partial charge >= 0.3 is 5.97 Å². The molecule has 3 heteroatoms. The summed E-state index contributed by atoms with van der Waals surface area (Å²) < 4.78 is 6.00. The maximum absolute atomic E-state index is 14.0. The molecule has 3 saturated carbocycles. The van der Waals surface area contributed by atoms with Gasteiger partial charge in [0.1, 0.15) is 11.9 Å². The summed E-state index contributed by atoms with van der Waals surface area (Å²) in [7, 11) is 0. The van der Waals surface area contributed by atoms with Crippen molar-refractivity contribution in [2.45, 2.75) is 112 Å². The van der Waals surface area contributed by atoms with Gasteiger partial charge in [0.2, 0.25) is 0 Å². The number of carbonyl (C=O) groups excluding carboxylic acids is 2. The summed E-state index contributed by atoms with van der Waals surface area (Å²) >= 11 is 0. The van der Waals surface area contributed by atoms with Gasteiger partial charge < -0.3 is 4.74 Å². The first-order valence-electron chi connectivity index (χ1n) is 15.5. The summed E-state index contributed by atoms with van der Waals surface area (Å²) in [6.45, 7) is 14.3. The molecule has 1 aromatic rings. The van der Waals surface area contributed by atoms with Gasteiger partial charge in [-0.1, -0.05) is 83.7 Å². The fourth-order valence-electron chi connectivity index (χ4n) is 9.48. The average molecular weight is 519 g/mol. The van der Waals surface area contributed by atoms with Crippen LogP contribution in [0.3, 0.4) is 0 Å². The Hall–Kier alpha value is -1.90. The molecule has 0 unspecified atom stereocenters. The molecule has 3 nitrogen and oxygen atoms in total. The molecule has 0 heterocycles. The van der Waals surface area contributed by atoms with E-state index >= 15 is 0 Å². The first-order chi connectivity index (χ1) is 18.0. The first kappa shape index (κ1) is 27.7. The van der Waals surface area contributed by atoms with Crippen molar-refractivity contribution in [2.75, 3.05) is 0 Å². The normalized spacial score (nSPS) is 39.1. The lowest BCUT2D eigenvalue weighted by Crippen LogP contribution is -2.55. The number of hydrogen-bond acceptors (Lipinski definition) is 3. The van der Waals surface area contributed by atoms with Gasteiger partial charge in [-0.2, -0.15) is 0 Å². The summed E-state index contributed by atoms with van der Waals surface area (Å²) in [4.78, 5) is 26.7. The number of fused-ring (bicyclic) bond motifs is 5. The van der Waals surface area contributed by atoms with Gasteiger partial charge in [0.15, 0.2) is 0 Å². The molecule has 4 aliphatic carbocycles. The largest absolute Gasteiger partial charge is 0.459 e. The van der Waals surface area contributed by atoms with Crippen molar-refractivity contribution in [1.82, 2.24) is 0 Å². The number of esters is 1. The molecule has 0 amide bonds. The highest BCUT2D eigenvalue weighted by molar-refractivity contribution is 5.92. The predicted octanol–water partition coefficient (Wildman–Crippen LogP) is 8.82. The smallest absolute Gasteiger partial charge is 0.338 e. The van der Waals surface area contributed by atoms with Gasteiger partial charge in [-0.3, -0.25) is 4.79 Å². The van der Waals surface area contributed by atoms with E-state index in [1.807, 2.05) is 30.3 Å². The molecule has 0 bridgehead atoms. The Morgan fingerprint density at radius 2 is 1.76 bits per heavy atom. The molecule has 8 atom stereocenters. The van der Waals surface area contributed by atoms with E-state index in [2.05, 4.69) is 47.6 Å². The summed E-state index contributed by atoms with van der Waals surface area (Å²) in [5.41, 5.74) is 2.04. The van der Waals surface area contributed by atoms with Crippen molar-refractivity contribution in [2.24, 2.45) is 45.8 Å². The second kappa shape index (κ2) is 10.3. The zero-order valence-corrected chi connectivity index (χ0v) is 24.7. The summed E-state index contributed by atoms with van der Waals surface area (Å²) in [6.07, 6.45) is 13.3. The quantitative estimate of drug-likeness (QED) is 0.267. The van der Waals surface area contributed by atoms with Crippen LogP contribution in [0.4, 0.5) is 0 Å². The molecule has 38 heavy (non-hydrogen) atoms. The fraction of sp³-hybridized carbons (Fsp3) is 0.714. The molecule has 0 spiro atoms. The topological polar surface area (TPSA) is 43.4 Å². The van der Waals surface area contributed by atoms with E-state index < -0.39 is 0 Å². The Morgan fingerprint density at radius 3 is 2.47 bits per heavy atom. The molecule has 0 N–H and O–H groups in total. The lowest BCUT2D eigenvalue weighted by Gasteiger charge is -2.60. The molecular formula is C35H50O3. The Labute approximate surface area is 231 Å². The van der Waals surface area contributed by atoms with Crippen molar-refractivity contribution in [3.05, 3.63) is 47.5 Å². The van der Waals surface area contributed by atoms with Crippen LogP contribution in [-0.2, 0) is 9.53 Å². The molecular weight excluding hydrogens is 468 g/mol. The van der Waals surface area contributed by atoms with Crippen LogP contribution >= 0.6 is 0 Å². The van der Waals surface area contributed by atoms with Crippen LogP contribution in [0.15, 0.2) is 42.0 Å². The number of ether oxygens (including phenoxy) is 1. The number of allylic oxidation sites excluding steroid dienone is 2. The second-order valence-corrected chi connectivity index (χ2v) is 14.4. The van der Waals surface area contributed by atoms with Gasteiger partial charge in [-0.25, -0.2) is 4.79 Å². The number of rotatable bonds is 7. The maximum atomic E-state index is 14.0. The van der Waals surface area contributed by atoms with Crippen LogP contribution in [0.25, 0.3) is 0 Å². The third-order valence-electron chi connectivity index (χ3n) is 12.1. The highest BCUT2D eigenvalue weighted by atomic mass is 16.5. The zero-order valence-electron chi connectivity index (χ0n) is 24.7. The molecule has 208 valence electrons. The van der Waals surface area contributed by atoms with E-state index in [9.17, 15) is 9.59 Å². The van der Waals surface area contributed by atoms with Crippen molar-refractivity contribution < 1.29 is 14.3 Å². The minimum atomic E-state index is -0.322. The van der Waals surface area contributed by atoms with Crippen molar-refractivity contribution in [3.8, 4) is 0 Å². The zero-order chi connectivity index (χ0) is 27.3. The highest BCUT2D eigenvalue weighted by Crippen LogP contribution is 2.71. The molecule has 5 rings (SSSR count). The van der Waals surface area contributed by atoms with Crippen LogP contribution in [-0.4, -0.2) is 17.9 Å². The molecule has 0 aliphatic heterocycles. The summed E-state index contributed by atoms with van der Waals surface area (Å²) in [6, 6.07) is 9.38. The first-order valence-corrected chi connectivity index (χ1v) is 15.5. The Balaban J connectivity index is 1.33. The number of benzene rings is 1. The van der Waals surface area contributed by atoms with E-state index in [1.165, 1.54) is 31.3 Å². The maximum Gasteiger partial charge on any atom is 0.338 e. The van der Waals surface area contributed by atoms with Gasteiger partial charge in [0, 0.05) is 6.42 Å². The second-order valence-electron chi connectivity index (χ2n) is 14.4. The highest BCUT2D eigenvalue weighted by Gasteiger charge is 2.67. The third kappa shape index (κ3) is 4.40. The summed E-state index contributed by atoms with van der Waals surface area (Å²) in [5, 5.41) is 0. The molecule has 4 aliphatic rings. The van der Waals surface area contributed by atoms with Crippen LogP contribution < -0.4 is 0 Å². The Bertz CT molecular complexity index is 1070. The predicted molar refractivity (Wildman–Crippen MR) is 154 cm³/mol. The lowest BCUT2D eigenvalue weighted by atomic mass is 9.43. The van der Waals surface area contributed by atoms with Crippen molar-refractivity contribution in [3.63, 3.8) is 0 Å². The third-order valence-corrected chi connectivity index (χ3v) is 12.1. The number of Topliss-reactive ketones (excluding diaryl/α,β-unsaturated/α-hetero) is 1. The standard InChI is InChI=1S/C35H50O3/c1-23(2)11-10-12-24(3)30-22-31(36)35(6)29-16-15-26-21-27(38-32(37)25-13-8-7-9-14-25)17-19-33(26,4)28(29)18-20-34(30,35)5/h7-9,13-14,16,23-24,26-28,30H,10-12,15,17-22H2,1-6H3/t24-,26+,27+,28+,30-,33+,34-,35-/m1/s1. The van der Waals surface area contributed by atoms with Crippen LogP contribution in [0.5, 0.6) is 0 Å². The Morgan fingerprint density at radius 1 is 1.03 bits per heavy atom. The van der Waals surface area contributed by atoms with E-state index in [0.717, 1.165) is 44.4 Å². The van der Waals surface area contributed by atoms with Gasteiger partial charge in [0.25, 0.3) is 0 Å². The average Bonchev–Trinajstić information content (AvgIpc) is 3.10. The van der Waals surface area contributed by atoms with E-state index in [-0.39, 0.29) is 28.3 Å².